The predicted molar refractivity (Wildman–Crippen MR) is 90.4 cm³/mol. The summed E-state index contributed by atoms with van der Waals surface area (Å²) >= 11 is 0. The highest BCUT2D eigenvalue weighted by Crippen LogP contribution is 2.52. The van der Waals surface area contributed by atoms with Crippen LogP contribution in [-0.2, 0) is 23.9 Å². The maximum absolute atomic E-state index is 12.8. The van der Waals surface area contributed by atoms with Crippen LogP contribution in [0.15, 0.2) is 12.2 Å². The van der Waals surface area contributed by atoms with Crippen LogP contribution in [0.4, 0.5) is 0 Å². The van der Waals surface area contributed by atoms with Gasteiger partial charge in [0.1, 0.15) is 6.54 Å². The monoisotopic (exact) mass is 360 g/mol. The lowest BCUT2D eigenvalue weighted by Gasteiger charge is -2.36. The molecule has 0 aromatic rings. The lowest BCUT2D eigenvalue weighted by Crippen LogP contribution is -2.50. The van der Waals surface area contributed by atoms with Crippen LogP contribution >= 0.6 is 0 Å². The Labute approximate surface area is 152 Å². The maximum Gasteiger partial charge on any atom is 0.307 e. The Morgan fingerprint density at radius 3 is 2.38 bits per heavy atom. The van der Waals surface area contributed by atoms with Gasteiger partial charge in [-0.05, 0) is 37.5 Å². The van der Waals surface area contributed by atoms with Crippen molar-refractivity contribution in [2.75, 3.05) is 20.2 Å². The van der Waals surface area contributed by atoms with E-state index in [0.29, 0.717) is 6.54 Å². The standard InChI is InChI=1S/C19H24N2O5/c1-26-15(23)9-13-4-2-3-7-20(13)14(22)10-21-18(24)16-11-5-6-12(8-11)17(16)19(21)25/h5-6,11-13,16-17H,2-4,7-10H2,1H3/t11-,12+,13-,16-,17+/m1/s1. The molecule has 140 valence electrons. The van der Waals surface area contributed by atoms with E-state index < -0.39 is 0 Å². The number of ether oxygens (including phenoxy) is 1. The fourth-order valence-corrected chi connectivity index (χ4v) is 5.16. The molecule has 3 amide bonds. The van der Waals surface area contributed by atoms with E-state index in [4.69, 9.17) is 4.74 Å². The molecule has 4 aliphatic rings. The minimum Gasteiger partial charge on any atom is -0.469 e. The molecule has 0 radical (unpaired) electrons. The van der Waals surface area contributed by atoms with E-state index >= 15 is 0 Å². The van der Waals surface area contributed by atoms with E-state index in [2.05, 4.69) is 0 Å². The third-order valence-corrected chi connectivity index (χ3v) is 6.43. The molecule has 0 unspecified atom stereocenters. The van der Waals surface area contributed by atoms with Gasteiger partial charge >= 0.3 is 5.97 Å². The van der Waals surface area contributed by atoms with Gasteiger partial charge in [-0.25, -0.2) is 0 Å². The van der Waals surface area contributed by atoms with Crippen molar-refractivity contribution >= 4 is 23.7 Å². The molecular weight excluding hydrogens is 336 g/mol. The summed E-state index contributed by atoms with van der Waals surface area (Å²) in [4.78, 5) is 52.7. The highest BCUT2D eigenvalue weighted by atomic mass is 16.5. The Morgan fingerprint density at radius 1 is 1.12 bits per heavy atom. The SMILES string of the molecule is COC(=O)C[C@H]1CCCCN1C(=O)CN1C(=O)[C@@H]2[C@H](C1=O)[C@@H]1C=C[C@H]2C1. The van der Waals surface area contributed by atoms with Gasteiger partial charge < -0.3 is 9.64 Å². The minimum atomic E-state index is -0.347. The van der Waals surface area contributed by atoms with Crippen molar-refractivity contribution in [3.05, 3.63) is 12.2 Å². The van der Waals surface area contributed by atoms with Crippen LogP contribution < -0.4 is 0 Å². The second-order valence-corrected chi connectivity index (χ2v) is 7.78. The first-order valence-corrected chi connectivity index (χ1v) is 9.41. The minimum absolute atomic E-state index is 0.142. The molecule has 2 aliphatic carbocycles. The van der Waals surface area contributed by atoms with Gasteiger partial charge in [0.25, 0.3) is 0 Å². The molecule has 7 nitrogen and oxygen atoms in total. The molecular formula is C19H24N2O5. The van der Waals surface area contributed by atoms with Gasteiger partial charge in [-0.3, -0.25) is 24.1 Å². The van der Waals surface area contributed by atoms with E-state index in [1.54, 1.807) is 4.90 Å². The van der Waals surface area contributed by atoms with Crippen LogP contribution in [0.2, 0.25) is 0 Å². The largest absolute Gasteiger partial charge is 0.469 e. The third-order valence-electron chi connectivity index (χ3n) is 6.43. The van der Waals surface area contributed by atoms with Crippen LogP contribution in [0.5, 0.6) is 0 Å². The number of carbonyl (C=O) groups is 4. The molecule has 2 saturated heterocycles. The normalized spacial score (nSPS) is 35.2. The summed E-state index contributed by atoms with van der Waals surface area (Å²) in [6, 6.07) is -0.214. The number of methoxy groups -OCH3 is 1. The number of allylic oxidation sites excluding steroid dienone is 2. The molecule has 1 saturated carbocycles. The number of likely N-dealkylation sites (tertiary alicyclic amines) is 2. The number of nitrogens with zero attached hydrogens (tertiary/aromatic N) is 2. The van der Waals surface area contributed by atoms with Gasteiger partial charge in [0.15, 0.2) is 0 Å². The zero-order chi connectivity index (χ0) is 18.4. The Balaban J connectivity index is 1.45. The number of esters is 1. The number of imide groups is 1. The number of piperidine rings is 1. The fraction of sp³-hybridized carbons (Fsp3) is 0.684. The summed E-state index contributed by atoms with van der Waals surface area (Å²) in [6.07, 6.45) is 7.67. The summed E-state index contributed by atoms with van der Waals surface area (Å²) in [7, 11) is 1.33. The zero-order valence-electron chi connectivity index (χ0n) is 14.9. The summed E-state index contributed by atoms with van der Waals surface area (Å²) in [5.41, 5.74) is 0. The summed E-state index contributed by atoms with van der Waals surface area (Å²) in [5, 5.41) is 0. The van der Waals surface area contributed by atoms with E-state index in [1.807, 2.05) is 12.2 Å². The first-order valence-electron chi connectivity index (χ1n) is 9.41. The molecule has 7 heteroatoms. The number of hydrogen-bond donors (Lipinski definition) is 0. The quantitative estimate of drug-likeness (QED) is 0.419. The molecule has 0 spiro atoms. The van der Waals surface area contributed by atoms with E-state index in [9.17, 15) is 19.2 Å². The molecule has 2 heterocycles. The lowest BCUT2D eigenvalue weighted by molar-refractivity contribution is -0.150. The zero-order valence-corrected chi connectivity index (χ0v) is 14.9. The Bertz CT molecular complexity index is 657. The summed E-state index contributed by atoms with van der Waals surface area (Å²) in [6.45, 7) is 0.345. The third kappa shape index (κ3) is 2.64. The van der Waals surface area contributed by atoms with Gasteiger partial charge in [-0.1, -0.05) is 12.2 Å². The number of amides is 3. The molecule has 0 N–H and O–H groups in total. The molecule has 0 aromatic carbocycles. The van der Waals surface area contributed by atoms with E-state index in [1.165, 1.54) is 7.11 Å². The molecule has 5 atom stereocenters. The van der Waals surface area contributed by atoms with Crippen LogP contribution in [-0.4, -0.2) is 59.7 Å². The second kappa shape index (κ2) is 6.52. The lowest BCUT2D eigenvalue weighted by atomic mass is 9.85. The average Bonchev–Trinajstić information content (AvgIpc) is 3.32. The van der Waals surface area contributed by atoms with Crippen LogP contribution in [0, 0.1) is 23.7 Å². The van der Waals surface area contributed by atoms with Crippen LogP contribution in [0.25, 0.3) is 0 Å². The van der Waals surface area contributed by atoms with Crippen molar-refractivity contribution in [3.63, 3.8) is 0 Å². The van der Waals surface area contributed by atoms with Crippen molar-refractivity contribution in [3.8, 4) is 0 Å². The van der Waals surface area contributed by atoms with Gasteiger partial charge in [0, 0.05) is 12.6 Å². The van der Waals surface area contributed by atoms with E-state index in [0.717, 1.165) is 30.6 Å². The predicted octanol–water partition coefficient (Wildman–Crippen LogP) is 0.738. The molecule has 2 bridgehead atoms. The van der Waals surface area contributed by atoms with Crippen molar-refractivity contribution in [2.45, 2.75) is 38.1 Å². The molecule has 4 rings (SSSR count). The Morgan fingerprint density at radius 2 is 1.77 bits per heavy atom. The van der Waals surface area contributed by atoms with Gasteiger partial charge in [-0.2, -0.15) is 0 Å². The van der Waals surface area contributed by atoms with Crippen molar-refractivity contribution in [1.29, 1.82) is 0 Å². The highest BCUT2D eigenvalue weighted by Gasteiger charge is 2.59. The average molecular weight is 360 g/mol. The first-order chi connectivity index (χ1) is 12.5. The van der Waals surface area contributed by atoms with Crippen LogP contribution in [0.3, 0.4) is 0 Å². The Hall–Kier alpha value is -2.18. The number of carbonyl (C=O) groups excluding carboxylic acids is 4. The molecule has 2 aliphatic heterocycles. The number of fused-ring (bicyclic) bond motifs is 5. The summed E-state index contributed by atoms with van der Waals surface area (Å²) < 4.78 is 4.73. The van der Waals surface area contributed by atoms with Crippen LogP contribution in [0.1, 0.15) is 32.1 Å². The van der Waals surface area contributed by atoms with Gasteiger partial charge in [0.05, 0.1) is 25.4 Å². The highest BCUT2D eigenvalue weighted by molar-refractivity contribution is 6.08. The smallest absolute Gasteiger partial charge is 0.307 e. The molecule has 26 heavy (non-hydrogen) atoms. The van der Waals surface area contributed by atoms with Crippen molar-refractivity contribution < 1.29 is 23.9 Å². The summed E-state index contributed by atoms with van der Waals surface area (Å²) in [5.74, 6) is -1.28. The van der Waals surface area contributed by atoms with E-state index in [-0.39, 0.29) is 66.4 Å². The van der Waals surface area contributed by atoms with Crippen molar-refractivity contribution in [1.82, 2.24) is 9.80 Å². The van der Waals surface area contributed by atoms with Crippen molar-refractivity contribution in [2.24, 2.45) is 23.7 Å². The Kier molecular flexibility index (Phi) is 4.32. The number of rotatable bonds is 4. The first kappa shape index (κ1) is 17.2. The molecule has 0 aromatic heterocycles. The second-order valence-electron chi connectivity index (χ2n) is 7.78. The number of hydrogen-bond acceptors (Lipinski definition) is 5. The topological polar surface area (TPSA) is 84.0 Å². The molecule has 3 fully saturated rings. The van der Waals surface area contributed by atoms with Gasteiger partial charge in [0.2, 0.25) is 17.7 Å². The fourth-order valence-electron chi connectivity index (χ4n) is 5.16. The maximum atomic E-state index is 12.8. The van der Waals surface area contributed by atoms with Gasteiger partial charge in [-0.15, -0.1) is 0 Å².